The lowest BCUT2D eigenvalue weighted by Gasteiger charge is -2.29. The van der Waals surface area contributed by atoms with E-state index in [-0.39, 0.29) is 16.2 Å². The molecule has 1 aliphatic carbocycles. The number of carbonyl (C=O) groups excluding carboxylic acids is 1. The number of thiophene rings is 1. The van der Waals surface area contributed by atoms with E-state index in [9.17, 15) is 13.2 Å². The summed E-state index contributed by atoms with van der Waals surface area (Å²) in [7, 11) is -3.54. The zero-order valence-corrected chi connectivity index (χ0v) is 16.4. The zero-order valence-electron chi connectivity index (χ0n) is 14.8. The molecule has 1 heterocycles. The van der Waals surface area contributed by atoms with E-state index in [1.165, 1.54) is 30.6 Å². The molecule has 1 aromatic carbocycles. The SMILES string of the molecule is CC1CCCCC1NC(=O)Cc1ccc(NS(=O)(=O)c2cccs2)cc1. The van der Waals surface area contributed by atoms with Crippen LogP contribution in [0, 0.1) is 5.92 Å². The summed E-state index contributed by atoms with van der Waals surface area (Å²) in [6.07, 6.45) is 4.95. The third kappa shape index (κ3) is 4.86. The van der Waals surface area contributed by atoms with Crippen molar-refractivity contribution in [2.24, 2.45) is 5.92 Å². The number of anilines is 1. The molecular formula is C19H24N2O3S2. The average molecular weight is 393 g/mol. The van der Waals surface area contributed by atoms with Crippen LogP contribution in [0.1, 0.15) is 38.2 Å². The van der Waals surface area contributed by atoms with Crippen molar-refractivity contribution < 1.29 is 13.2 Å². The highest BCUT2D eigenvalue weighted by Gasteiger charge is 2.22. The molecule has 0 saturated heterocycles. The summed E-state index contributed by atoms with van der Waals surface area (Å²) in [5.74, 6) is 0.553. The van der Waals surface area contributed by atoms with Gasteiger partial charge in [0.25, 0.3) is 10.0 Å². The quantitative estimate of drug-likeness (QED) is 0.785. The van der Waals surface area contributed by atoms with Crippen molar-refractivity contribution >= 4 is 33.0 Å². The Morgan fingerprint density at radius 2 is 1.88 bits per heavy atom. The van der Waals surface area contributed by atoms with Gasteiger partial charge in [0.05, 0.1) is 6.42 Å². The van der Waals surface area contributed by atoms with Crippen molar-refractivity contribution in [1.82, 2.24) is 5.32 Å². The molecular weight excluding hydrogens is 368 g/mol. The normalized spacial score (nSPS) is 20.5. The second kappa shape index (κ2) is 8.22. The molecule has 26 heavy (non-hydrogen) atoms. The zero-order chi connectivity index (χ0) is 18.6. The second-order valence-electron chi connectivity index (χ2n) is 6.85. The highest BCUT2D eigenvalue weighted by molar-refractivity contribution is 7.94. The number of sulfonamides is 1. The fraction of sp³-hybridized carbons (Fsp3) is 0.421. The summed E-state index contributed by atoms with van der Waals surface area (Å²) in [6.45, 7) is 2.19. The molecule has 140 valence electrons. The van der Waals surface area contributed by atoms with E-state index in [0.717, 1.165) is 12.0 Å². The summed E-state index contributed by atoms with van der Waals surface area (Å²) in [5.41, 5.74) is 1.36. The molecule has 1 fully saturated rings. The molecule has 2 atom stereocenters. The summed E-state index contributed by atoms with van der Waals surface area (Å²) < 4.78 is 27.3. The van der Waals surface area contributed by atoms with Crippen LogP contribution in [0.2, 0.25) is 0 Å². The first kappa shape index (κ1) is 18.9. The van der Waals surface area contributed by atoms with Crippen LogP contribution < -0.4 is 10.0 Å². The van der Waals surface area contributed by atoms with Crippen LogP contribution >= 0.6 is 11.3 Å². The van der Waals surface area contributed by atoms with Gasteiger partial charge < -0.3 is 5.32 Å². The average Bonchev–Trinajstić information content (AvgIpc) is 3.14. The van der Waals surface area contributed by atoms with Gasteiger partial charge in [-0.15, -0.1) is 11.3 Å². The molecule has 0 spiro atoms. The fourth-order valence-electron chi connectivity index (χ4n) is 3.29. The minimum Gasteiger partial charge on any atom is -0.353 e. The first-order chi connectivity index (χ1) is 12.4. The molecule has 7 heteroatoms. The molecule has 2 aromatic rings. The molecule has 3 rings (SSSR count). The molecule has 1 aliphatic rings. The first-order valence-corrected chi connectivity index (χ1v) is 11.2. The predicted octanol–water partition coefficient (Wildman–Crippen LogP) is 3.79. The van der Waals surface area contributed by atoms with Gasteiger partial charge in [-0.05, 0) is 47.9 Å². The minimum absolute atomic E-state index is 0.0238. The highest BCUT2D eigenvalue weighted by Crippen LogP contribution is 2.24. The van der Waals surface area contributed by atoms with E-state index >= 15 is 0 Å². The summed E-state index contributed by atoms with van der Waals surface area (Å²) >= 11 is 1.17. The van der Waals surface area contributed by atoms with E-state index in [2.05, 4.69) is 17.0 Å². The molecule has 1 amide bonds. The van der Waals surface area contributed by atoms with Gasteiger partial charge in [-0.2, -0.15) is 0 Å². The molecule has 1 aromatic heterocycles. The Bertz CT molecular complexity index is 830. The molecule has 0 bridgehead atoms. The number of benzene rings is 1. The maximum absolute atomic E-state index is 12.3. The molecule has 0 aliphatic heterocycles. The van der Waals surface area contributed by atoms with Crippen LogP contribution in [-0.4, -0.2) is 20.4 Å². The standard InChI is InChI=1S/C19H24N2O3S2/c1-14-5-2-3-6-17(14)20-18(22)13-15-8-10-16(11-9-15)21-26(23,24)19-7-4-12-25-19/h4,7-12,14,17,21H,2-3,5-6,13H2,1H3,(H,20,22). The van der Waals surface area contributed by atoms with E-state index < -0.39 is 10.0 Å². The van der Waals surface area contributed by atoms with Crippen molar-refractivity contribution in [2.75, 3.05) is 4.72 Å². The second-order valence-corrected chi connectivity index (χ2v) is 9.70. The summed E-state index contributed by atoms with van der Waals surface area (Å²) in [4.78, 5) is 12.3. The Kier molecular flexibility index (Phi) is 5.98. The van der Waals surface area contributed by atoms with Gasteiger partial charge in [0, 0.05) is 11.7 Å². The Morgan fingerprint density at radius 1 is 1.15 bits per heavy atom. The highest BCUT2D eigenvalue weighted by atomic mass is 32.2. The fourth-order valence-corrected chi connectivity index (χ4v) is 5.34. The molecule has 2 N–H and O–H groups in total. The van der Waals surface area contributed by atoms with Crippen LogP contribution in [0.15, 0.2) is 46.0 Å². The Labute approximate surface area is 158 Å². The van der Waals surface area contributed by atoms with Crippen LogP contribution in [0.5, 0.6) is 0 Å². The van der Waals surface area contributed by atoms with Crippen molar-refractivity contribution in [3.63, 3.8) is 0 Å². The lowest BCUT2D eigenvalue weighted by atomic mass is 9.86. The molecule has 5 nitrogen and oxygen atoms in total. The van der Waals surface area contributed by atoms with E-state index in [1.54, 1.807) is 41.8 Å². The maximum Gasteiger partial charge on any atom is 0.271 e. The van der Waals surface area contributed by atoms with Crippen LogP contribution in [0.3, 0.4) is 0 Å². The van der Waals surface area contributed by atoms with Crippen LogP contribution in [-0.2, 0) is 21.2 Å². The Morgan fingerprint density at radius 3 is 2.54 bits per heavy atom. The predicted molar refractivity (Wildman–Crippen MR) is 105 cm³/mol. The third-order valence-corrected chi connectivity index (χ3v) is 7.57. The number of hydrogen-bond acceptors (Lipinski definition) is 4. The lowest BCUT2D eigenvalue weighted by molar-refractivity contribution is -0.121. The van der Waals surface area contributed by atoms with Gasteiger partial charge in [0.2, 0.25) is 5.91 Å². The number of carbonyl (C=O) groups is 1. The van der Waals surface area contributed by atoms with Gasteiger partial charge in [-0.3, -0.25) is 9.52 Å². The van der Waals surface area contributed by atoms with Crippen LogP contribution in [0.4, 0.5) is 5.69 Å². The summed E-state index contributed by atoms with van der Waals surface area (Å²) in [6, 6.07) is 10.5. The first-order valence-electron chi connectivity index (χ1n) is 8.89. The van der Waals surface area contributed by atoms with Crippen LogP contribution in [0.25, 0.3) is 0 Å². The molecule has 1 saturated carbocycles. The Balaban J connectivity index is 1.56. The maximum atomic E-state index is 12.3. The number of hydrogen-bond donors (Lipinski definition) is 2. The van der Waals surface area contributed by atoms with Gasteiger partial charge in [0.15, 0.2) is 0 Å². The number of rotatable bonds is 6. The topological polar surface area (TPSA) is 75.3 Å². The molecule has 0 radical (unpaired) electrons. The number of amides is 1. The van der Waals surface area contributed by atoms with Gasteiger partial charge in [0.1, 0.15) is 4.21 Å². The van der Waals surface area contributed by atoms with Gasteiger partial charge in [-0.25, -0.2) is 8.42 Å². The van der Waals surface area contributed by atoms with E-state index in [4.69, 9.17) is 0 Å². The molecule has 2 unspecified atom stereocenters. The minimum atomic E-state index is -3.54. The van der Waals surface area contributed by atoms with Crippen molar-refractivity contribution in [3.8, 4) is 0 Å². The van der Waals surface area contributed by atoms with E-state index in [1.807, 2.05) is 0 Å². The van der Waals surface area contributed by atoms with Crippen molar-refractivity contribution in [2.45, 2.75) is 49.3 Å². The largest absolute Gasteiger partial charge is 0.353 e. The van der Waals surface area contributed by atoms with E-state index in [0.29, 0.717) is 18.0 Å². The number of nitrogens with one attached hydrogen (secondary N) is 2. The lowest BCUT2D eigenvalue weighted by Crippen LogP contribution is -2.41. The van der Waals surface area contributed by atoms with Crippen molar-refractivity contribution in [1.29, 1.82) is 0 Å². The smallest absolute Gasteiger partial charge is 0.271 e. The summed E-state index contributed by atoms with van der Waals surface area (Å²) in [5, 5.41) is 4.87. The van der Waals surface area contributed by atoms with Crippen molar-refractivity contribution in [3.05, 3.63) is 47.3 Å². The Hall–Kier alpha value is -1.86. The third-order valence-electron chi connectivity index (χ3n) is 4.79. The van der Waals surface area contributed by atoms with Gasteiger partial charge in [-0.1, -0.05) is 38.0 Å². The van der Waals surface area contributed by atoms with Gasteiger partial charge >= 0.3 is 0 Å². The monoisotopic (exact) mass is 392 g/mol.